The average molecular weight is 597 g/mol. The molecule has 0 amide bonds. The third-order valence-electron chi connectivity index (χ3n) is 10.9. The number of hydrogen-bond acceptors (Lipinski definition) is 8. The molecular weight excluding hydrogens is 556 g/mol. The summed E-state index contributed by atoms with van der Waals surface area (Å²) in [7, 11) is -4.17. The molecule has 1 saturated heterocycles. The predicted molar refractivity (Wildman–Crippen MR) is 148 cm³/mol. The Morgan fingerprint density at radius 3 is 2.58 bits per heavy atom. The summed E-state index contributed by atoms with van der Waals surface area (Å²) in [6.45, 7) is 7.24. The molecule has 0 aromatic heterocycles. The quantitative estimate of drug-likeness (QED) is 0.201. The first-order valence-electron chi connectivity index (χ1n) is 14.4. The van der Waals surface area contributed by atoms with Crippen LogP contribution in [0.5, 0.6) is 0 Å². The van der Waals surface area contributed by atoms with Crippen LogP contribution in [0.2, 0.25) is 0 Å². The Morgan fingerprint density at radius 1 is 1.20 bits per heavy atom. The highest BCUT2D eigenvalue weighted by Gasteiger charge is 2.73. The van der Waals surface area contributed by atoms with Gasteiger partial charge in [0.1, 0.15) is 17.5 Å². The zero-order chi connectivity index (χ0) is 29.1. The summed E-state index contributed by atoms with van der Waals surface area (Å²) in [4.78, 5) is 26.8. The second-order valence-corrected chi connectivity index (χ2v) is 14.8. The largest absolute Gasteiger partial charge is 0.460 e. The number of epoxide rings is 1. The SMILES string of the molecule is Cc1ccc(S(=O)(=O)OCC(=O)O[C@H]2C[C@@]3(O[C@@H]3CCCCl)[C@@H](O)[C@H](C)[C@]34CCC(=O)[C@H]3[C@@]2(C)[C@H](C)CC4)cc1. The number of rotatable bonds is 8. The second-order valence-electron chi connectivity index (χ2n) is 12.8. The summed E-state index contributed by atoms with van der Waals surface area (Å²) in [5.74, 6) is -0.688. The fourth-order valence-corrected chi connectivity index (χ4v) is 9.38. The van der Waals surface area contributed by atoms with E-state index in [0.29, 0.717) is 25.1 Å². The van der Waals surface area contributed by atoms with Gasteiger partial charge in [0.15, 0.2) is 6.61 Å². The van der Waals surface area contributed by atoms with Crippen LogP contribution in [0.1, 0.15) is 71.3 Å². The van der Waals surface area contributed by atoms with E-state index < -0.39 is 51.3 Å². The number of alkyl halides is 1. The van der Waals surface area contributed by atoms with Gasteiger partial charge in [-0.25, -0.2) is 4.79 Å². The van der Waals surface area contributed by atoms with E-state index in [9.17, 15) is 23.1 Å². The Morgan fingerprint density at radius 2 is 1.90 bits per heavy atom. The lowest BCUT2D eigenvalue weighted by Gasteiger charge is -2.60. The van der Waals surface area contributed by atoms with Crippen LogP contribution in [0.4, 0.5) is 0 Å². The molecule has 9 atom stereocenters. The fraction of sp³-hybridized carbons (Fsp3) is 0.733. The predicted octanol–water partition coefficient (Wildman–Crippen LogP) is 4.57. The highest BCUT2D eigenvalue weighted by Crippen LogP contribution is 2.69. The number of aliphatic hydroxyl groups is 1. The van der Waals surface area contributed by atoms with Gasteiger partial charge in [-0.3, -0.25) is 8.98 Å². The van der Waals surface area contributed by atoms with Gasteiger partial charge in [0.05, 0.1) is 17.1 Å². The standard InChI is InChI=1S/C30H41ClO8S/c1-18-7-9-21(10-8-18)40(35,36)37-17-25(33)38-24-16-30(23(39-30)6-5-15-31)27(34)20(3)29-13-11-19(2)28(24,4)26(29)22(32)12-14-29/h7-10,19-20,23-24,26-27,34H,5-6,11-17H2,1-4H3/t19-,20+,23-,24+,26+,27+,28+,29+,30+/m1/s1. The summed E-state index contributed by atoms with van der Waals surface area (Å²) in [6, 6.07) is 6.17. The van der Waals surface area contributed by atoms with Crippen LogP contribution in [-0.2, 0) is 33.4 Å². The Hall–Kier alpha value is -1.52. The molecule has 3 saturated carbocycles. The smallest absolute Gasteiger partial charge is 0.333 e. The molecule has 1 aliphatic heterocycles. The molecule has 1 aromatic carbocycles. The third kappa shape index (κ3) is 4.74. The number of ketones is 1. The van der Waals surface area contributed by atoms with E-state index >= 15 is 0 Å². The molecule has 1 heterocycles. The number of aryl methyl sites for hydroxylation is 1. The zero-order valence-electron chi connectivity index (χ0n) is 23.7. The Bertz CT molecular complexity index is 1250. The maximum Gasteiger partial charge on any atom is 0.333 e. The molecule has 0 unspecified atom stereocenters. The summed E-state index contributed by atoms with van der Waals surface area (Å²) in [5, 5.41) is 11.8. The maximum absolute atomic E-state index is 13.6. The minimum absolute atomic E-state index is 0.0457. The third-order valence-corrected chi connectivity index (χ3v) is 12.4. The van der Waals surface area contributed by atoms with Crippen molar-refractivity contribution >= 4 is 33.5 Å². The van der Waals surface area contributed by atoms with Crippen molar-refractivity contribution in [3.05, 3.63) is 29.8 Å². The molecule has 40 heavy (non-hydrogen) atoms. The normalized spacial score (nSPS) is 40.8. The van der Waals surface area contributed by atoms with Gasteiger partial charge in [-0.05, 0) is 68.4 Å². The van der Waals surface area contributed by atoms with Gasteiger partial charge in [-0.2, -0.15) is 8.42 Å². The number of aliphatic hydroxyl groups excluding tert-OH is 1. The van der Waals surface area contributed by atoms with E-state index in [0.717, 1.165) is 24.8 Å². The van der Waals surface area contributed by atoms with E-state index in [1.54, 1.807) is 12.1 Å². The van der Waals surface area contributed by atoms with Crippen LogP contribution >= 0.6 is 11.6 Å². The number of carbonyl (C=O) groups is 2. The number of ether oxygens (including phenoxy) is 2. The Labute approximate surface area is 242 Å². The van der Waals surface area contributed by atoms with Gasteiger partial charge in [0, 0.05) is 30.1 Å². The highest BCUT2D eigenvalue weighted by molar-refractivity contribution is 7.86. The Kier molecular flexibility index (Phi) is 7.97. The van der Waals surface area contributed by atoms with E-state index in [4.69, 9.17) is 25.3 Å². The first kappa shape index (κ1) is 30.0. The molecule has 3 aliphatic carbocycles. The first-order chi connectivity index (χ1) is 18.8. The summed E-state index contributed by atoms with van der Waals surface area (Å²) >= 11 is 5.96. The zero-order valence-corrected chi connectivity index (χ0v) is 25.3. The molecule has 10 heteroatoms. The highest BCUT2D eigenvalue weighted by atomic mass is 35.5. The van der Waals surface area contributed by atoms with Gasteiger partial charge < -0.3 is 14.6 Å². The summed E-state index contributed by atoms with van der Waals surface area (Å²) in [6.07, 6.45) is 2.58. The average Bonchev–Trinajstić information content (AvgIpc) is 3.51. The lowest BCUT2D eigenvalue weighted by molar-refractivity contribution is -0.203. The molecule has 4 fully saturated rings. The minimum Gasteiger partial charge on any atom is -0.460 e. The lowest BCUT2D eigenvalue weighted by Crippen LogP contribution is -2.63. The molecule has 2 bridgehead atoms. The molecule has 4 aliphatic rings. The van der Waals surface area contributed by atoms with Crippen molar-refractivity contribution < 1.29 is 36.8 Å². The van der Waals surface area contributed by atoms with Crippen LogP contribution < -0.4 is 0 Å². The molecule has 1 aromatic rings. The van der Waals surface area contributed by atoms with Crippen LogP contribution in [0.15, 0.2) is 29.2 Å². The van der Waals surface area contributed by atoms with Gasteiger partial charge in [0.2, 0.25) is 0 Å². The van der Waals surface area contributed by atoms with Crippen LogP contribution in [0, 0.1) is 35.5 Å². The maximum atomic E-state index is 13.6. The number of Topliss-reactive ketones (excluding diaryl/α,β-unsaturated/α-hetero) is 1. The monoisotopic (exact) mass is 596 g/mol. The van der Waals surface area contributed by atoms with Crippen LogP contribution in [0.25, 0.3) is 0 Å². The van der Waals surface area contributed by atoms with Gasteiger partial charge in [-0.15, -0.1) is 11.6 Å². The van der Waals surface area contributed by atoms with Crippen molar-refractivity contribution in [2.24, 2.45) is 28.6 Å². The number of carbonyl (C=O) groups excluding carboxylic acids is 2. The van der Waals surface area contributed by atoms with Crippen LogP contribution in [-0.4, -0.2) is 61.7 Å². The van der Waals surface area contributed by atoms with Gasteiger partial charge >= 0.3 is 5.97 Å². The molecule has 1 N–H and O–H groups in total. The summed E-state index contributed by atoms with van der Waals surface area (Å²) in [5.41, 5.74) is -1.13. The molecule has 8 nitrogen and oxygen atoms in total. The van der Waals surface area contributed by atoms with Crippen molar-refractivity contribution in [2.45, 2.75) is 101 Å². The minimum atomic E-state index is -4.17. The Balaban J connectivity index is 1.45. The van der Waals surface area contributed by atoms with E-state index in [2.05, 4.69) is 6.92 Å². The number of esters is 1. The van der Waals surface area contributed by atoms with E-state index in [-0.39, 0.29) is 41.0 Å². The van der Waals surface area contributed by atoms with Crippen molar-refractivity contribution in [1.82, 2.24) is 0 Å². The van der Waals surface area contributed by atoms with Crippen molar-refractivity contribution in [2.75, 3.05) is 12.5 Å². The number of halogens is 1. The topological polar surface area (TPSA) is 120 Å². The van der Waals surface area contributed by atoms with Crippen molar-refractivity contribution in [3.8, 4) is 0 Å². The van der Waals surface area contributed by atoms with E-state index in [1.807, 2.05) is 20.8 Å². The van der Waals surface area contributed by atoms with Crippen molar-refractivity contribution in [1.29, 1.82) is 0 Å². The first-order valence-corrected chi connectivity index (χ1v) is 16.4. The van der Waals surface area contributed by atoms with Gasteiger partial charge in [-0.1, -0.05) is 38.5 Å². The second kappa shape index (κ2) is 10.6. The van der Waals surface area contributed by atoms with Crippen molar-refractivity contribution in [3.63, 3.8) is 0 Å². The van der Waals surface area contributed by atoms with Crippen LogP contribution in [0.3, 0.4) is 0 Å². The lowest BCUT2D eigenvalue weighted by atomic mass is 9.45. The molecular formula is C30H41ClO8S. The molecule has 1 spiro atoms. The molecule has 222 valence electrons. The molecule has 5 rings (SSSR count). The van der Waals surface area contributed by atoms with Gasteiger partial charge in [0.25, 0.3) is 10.1 Å². The van der Waals surface area contributed by atoms with E-state index in [1.165, 1.54) is 12.1 Å². The number of benzene rings is 1. The fourth-order valence-electron chi connectivity index (χ4n) is 8.37. The summed E-state index contributed by atoms with van der Waals surface area (Å²) < 4.78 is 42.9. The molecule has 0 radical (unpaired) electrons. The number of hydrogen-bond donors (Lipinski definition) is 1.